The van der Waals surface area contributed by atoms with Crippen LogP contribution in [0.1, 0.15) is 40.0 Å². The molecule has 1 fully saturated rings. The van der Waals surface area contributed by atoms with E-state index in [9.17, 15) is 13.2 Å². The van der Waals surface area contributed by atoms with Crippen LogP contribution in [-0.2, 0) is 21.4 Å². The number of thioether (sulfide) groups is 1. The van der Waals surface area contributed by atoms with E-state index in [1.807, 2.05) is 31.5 Å². The molecule has 3 rings (SSSR count). The standard InChI is InChI=1S/C21H30N4O4S2/c1-4-24-13-10-22-21(24)30-15-20(26)23-18-14-17(8-9-19(18)29-16(2)3)31(27,28)25-11-6-5-7-12-25/h8-10,13-14,16H,4-7,11-12,15H2,1-3H3,(H,23,26). The molecule has 170 valence electrons. The Morgan fingerprint density at radius 2 is 2.00 bits per heavy atom. The molecule has 0 saturated carbocycles. The molecule has 0 aliphatic carbocycles. The molecule has 0 bridgehead atoms. The third-order valence-electron chi connectivity index (χ3n) is 4.89. The second-order valence-corrected chi connectivity index (χ2v) is 10.5. The fourth-order valence-electron chi connectivity index (χ4n) is 3.37. The van der Waals surface area contributed by atoms with Crippen LogP contribution in [0.5, 0.6) is 5.75 Å². The van der Waals surface area contributed by atoms with Gasteiger partial charge in [-0.05, 0) is 51.8 Å². The molecule has 8 nitrogen and oxygen atoms in total. The summed E-state index contributed by atoms with van der Waals surface area (Å²) in [4.78, 5) is 17.0. The number of aromatic nitrogens is 2. The van der Waals surface area contributed by atoms with Crippen LogP contribution in [0.2, 0.25) is 0 Å². The number of sulfonamides is 1. The van der Waals surface area contributed by atoms with Crippen LogP contribution in [0.25, 0.3) is 0 Å². The number of hydrogen-bond donors (Lipinski definition) is 1. The summed E-state index contributed by atoms with van der Waals surface area (Å²) in [5, 5.41) is 3.59. The van der Waals surface area contributed by atoms with E-state index in [2.05, 4.69) is 10.3 Å². The highest BCUT2D eigenvalue weighted by Gasteiger charge is 2.27. The quantitative estimate of drug-likeness (QED) is 0.568. The number of nitrogens with zero attached hydrogens (tertiary/aromatic N) is 3. The molecule has 0 radical (unpaired) electrons. The van der Waals surface area contributed by atoms with Gasteiger partial charge in [0, 0.05) is 32.0 Å². The highest BCUT2D eigenvalue weighted by Crippen LogP contribution is 2.31. The number of nitrogens with one attached hydrogen (secondary N) is 1. The van der Waals surface area contributed by atoms with Crippen molar-refractivity contribution in [2.45, 2.75) is 62.7 Å². The first-order valence-electron chi connectivity index (χ1n) is 10.6. The van der Waals surface area contributed by atoms with Crippen molar-refractivity contribution in [2.24, 2.45) is 0 Å². The lowest BCUT2D eigenvalue weighted by Gasteiger charge is -2.26. The Balaban J connectivity index is 1.79. The van der Waals surface area contributed by atoms with Crippen molar-refractivity contribution in [3.63, 3.8) is 0 Å². The first kappa shape index (κ1) is 23.6. The van der Waals surface area contributed by atoms with Crippen molar-refractivity contribution >= 4 is 33.4 Å². The average molecular weight is 467 g/mol. The second-order valence-electron chi connectivity index (χ2n) is 7.62. The molecule has 2 heterocycles. The molecule has 1 aliphatic heterocycles. The maximum absolute atomic E-state index is 13.1. The van der Waals surface area contributed by atoms with Crippen molar-refractivity contribution in [3.8, 4) is 5.75 Å². The topological polar surface area (TPSA) is 93.5 Å². The number of aryl methyl sites for hydroxylation is 1. The van der Waals surface area contributed by atoms with E-state index < -0.39 is 10.0 Å². The van der Waals surface area contributed by atoms with Crippen molar-refractivity contribution < 1.29 is 17.9 Å². The fraction of sp³-hybridized carbons (Fsp3) is 0.524. The number of imidazole rings is 1. The molecule has 0 spiro atoms. The Morgan fingerprint density at radius 1 is 1.26 bits per heavy atom. The van der Waals surface area contributed by atoms with Gasteiger partial charge in [0.1, 0.15) is 5.75 Å². The minimum absolute atomic E-state index is 0.119. The zero-order valence-corrected chi connectivity index (χ0v) is 19.8. The number of hydrogen-bond acceptors (Lipinski definition) is 6. The number of carbonyl (C=O) groups excluding carboxylic acids is 1. The van der Waals surface area contributed by atoms with Gasteiger partial charge in [-0.3, -0.25) is 4.79 Å². The number of amides is 1. The van der Waals surface area contributed by atoms with Gasteiger partial charge >= 0.3 is 0 Å². The van der Waals surface area contributed by atoms with Crippen molar-refractivity contribution in [1.29, 1.82) is 0 Å². The first-order valence-corrected chi connectivity index (χ1v) is 13.0. The number of ether oxygens (including phenoxy) is 1. The van der Waals surface area contributed by atoms with Crippen LogP contribution >= 0.6 is 11.8 Å². The predicted molar refractivity (Wildman–Crippen MR) is 122 cm³/mol. The summed E-state index contributed by atoms with van der Waals surface area (Å²) in [5.74, 6) is 0.346. The smallest absolute Gasteiger partial charge is 0.243 e. The molecule has 1 saturated heterocycles. The lowest BCUT2D eigenvalue weighted by molar-refractivity contribution is -0.113. The molecular weight excluding hydrogens is 436 g/mol. The van der Waals surface area contributed by atoms with Gasteiger partial charge in [0.15, 0.2) is 5.16 Å². The molecule has 1 aromatic carbocycles. The van der Waals surface area contributed by atoms with Crippen LogP contribution in [0.3, 0.4) is 0 Å². The van der Waals surface area contributed by atoms with E-state index in [1.165, 1.54) is 22.1 Å². The summed E-state index contributed by atoms with van der Waals surface area (Å²) >= 11 is 1.33. The highest BCUT2D eigenvalue weighted by molar-refractivity contribution is 7.99. The zero-order chi connectivity index (χ0) is 22.4. The van der Waals surface area contributed by atoms with E-state index in [4.69, 9.17) is 4.74 Å². The molecular formula is C21H30N4O4S2. The van der Waals surface area contributed by atoms with Crippen LogP contribution in [0, 0.1) is 0 Å². The summed E-state index contributed by atoms with van der Waals surface area (Å²) in [6.45, 7) is 7.58. The van der Waals surface area contributed by atoms with Gasteiger partial charge in [0.05, 0.1) is 22.4 Å². The molecule has 2 aromatic rings. The van der Waals surface area contributed by atoms with Gasteiger partial charge in [-0.1, -0.05) is 18.2 Å². The van der Waals surface area contributed by atoms with Gasteiger partial charge in [0.2, 0.25) is 15.9 Å². The van der Waals surface area contributed by atoms with Crippen molar-refractivity contribution in [1.82, 2.24) is 13.9 Å². The molecule has 1 N–H and O–H groups in total. The molecule has 1 aromatic heterocycles. The molecule has 1 amide bonds. The first-order chi connectivity index (χ1) is 14.8. The third kappa shape index (κ3) is 6.02. The molecule has 31 heavy (non-hydrogen) atoms. The number of carbonyl (C=O) groups is 1. The number of benzene rings is 1. The Morgan fingerprint density at radius 3 is 2.68 bits per heavy atom. The lowest BCUT2D eigenvalue weighted by Crippen LogP contribution is -2.35. The van der Waals surface area contributed by atoms with Crippen LogP contribution in [0.4, 0.5) is 5.69 Å². The van der Waals surface area contributed by atoms with Crippen molar-refractivity contribution in [2.75, 3.05) is 24.2 Å². The zero-order valence-electron chi connectivity index (χ0n) is 18.2. The fourth-order valence-corrected chi connectivity index (χ4v) is 5.74. The second kappa shape index (κ2) is 10.5. The lowest BCUT2D eigenvalue weighted by atomic mass is 10.2. The van der Waals surface area contributed by atoms with E-state index in [0.29, 0.717) is 24.5 Å². The minimum atomic E-state index is -3.61. The summed E-state index contributed by atoms with van der Waals surface area (Å²) in [7, 11) is -3.61. The molecule has 1 aliphatic rings. The number of piperidine rings is 1. The maximum atomic E-state index is 13.1. The Labute approximate surface area is 188 Å². The van der Waals surface area contributed by atoms with Gasteiger partial charge in [-0.25, -0.2) is 13.4 Å². The van der Waals surface area contributed by atoms with Gasteiger partial charge in [-0.2, -0.15) is 4.31 Å². The predicted octanol–water partition coefficient (Wildman–Crippen LogP) is 3.60. The third-order valence-corrected chi connectivity index (χ3v) is 7.79. The van der Waals surface area contributed by atoms with E-state index >= 15 is 0 Å². The highest BCUT2D eigenvalue weighted by atomic mass is 32.2. The summed E-state index contributed by atoms with van der Waals surface area (Å²) in [5.41, 5.74) is 0.358. The monoisotopic (exact) mass is 466 g/mol. The van der Waals surface area contributed by atoms with E-state index in [1.54, 1.807) is 18.3 Å². The van der Waals surface area contributed by atoms with Gasteiger partial charge in [-0.15, -0.1) is 0 Å². The number of anilines is 1. The van der Waals surface area contributed by atoms with Gasteiger partial charge < -0.3 is 14.6 Å². The molecule has 0 unspecified atom stereocenters. The number of rotatable bonds is 9. The molecule has 10 heteroatoms. The average Bonchev–Trinajstić information content (AvgIpc) is 3.21. The maximum Gasteiger partial charge on any atom is 0.243 e. The Bertz CT molecular complexity index is 999. The summed E-state index contributed by atoms with van der Waals surface area (Å²) in [6.07, 6.45) is 6.22. The largest absolute Gasteiger partial charge is 0.489 e. The van der Waals surface area contributed by atoms with E-state index in [0.717, 1.165) is 31.0 Å². The Kier molecular flexibility index (Phi) is 8.01. The van der Waals surface area contributed by atoms with Crippen LogP contribution < -0.4 is 10.1 Å². The molecule has 0 atom stereocenters. The van der Waals surface area contributed by atoms with Crippen molar-refractivity contribution in [3.05, 3.63) is 30.6 Å². The normalized spacial score (nSPS) is 15.2. The van der Waals surface area contributed by atoms with Crippen LogP contribution in [0.15, 0.2) is 40.6 Å². The van der Waals surface area contributed by atoms with E-state index in [-0.39, 0.29) is 22.7 Å². The SMILES string of the molecule is CCn1ccnc1SCC(=O)Nc1cc(S(=O)(=O)N2CCCCC2)ccc1OC(C)C. The minimum Gasteiger partial charge on any atom is -0.489 e. The Hall–Kier alpha value is -2.04. The summed E-state index contributed by atoms with van der Waals surface area (Å²) < 4.78 is 35.4. The summed E-state index contributed by atoms with van der Waals surface area (Å²) in [6, 6.07) is 4.66. The van der Waals surface area contributed by atoms with Gasteiger partial charge in [0.25, 0.3) is 0 Å². The van der Waals surface area contributed by atoms with Crippen LogP contribution in [-0.4, -0.2) is 53.1 Å².